The maximum atomic E-state index is 10.2. The third-order valence-corrected chi connectivity index (χ3v) is 3.11. The van der Waals surface area contributed by atoms with Gasteiger partial charge < -0.3 is 25.6 Å². The predicted molar refractivity (Wildman–Crippen MR) is 75.5 cm³/mol. The Hall–Kier alpha value is -1.46. The summed E-state index contributed by atoms with van der Waals surface area (Å²) in [6.45, 7) is 4.16. The number of hydrogen-bond donors (Lipinski definition) is 3. The highest BCUT2D eigenvalue weighted by Crippen LogP contribution is 2.24. The minimum Gasteiger partial charge on any atom is -0.493 e. The van der Waals surface area contributed by atoms with E-state index in [1.165, 1.54) is 0 Å². The second kappa shape index (κ2) is 6.12. The lowest BCUT2D eigenvalue weighted by atomic mass is 10.0. The summed E-state index contributed by atoms with van der Waals surface area (Å²) in [5.74, 6) is 0.749. The van der Waals surface area contributed by atoms with Crippen molar-refractivity contribution in [3.63, 3.8) is 0 Å². The van der Waals surface area contributed by atoms with Crippen molar-refractivity contribution in [1.82, 2.24) is 0 Å². The first kappa shape index (κ1) is 14.0. The molecule has 1 aromatic carbocycles. The molecule has 5 nitrogen and oxygen atoms in total. The number of nitrogens with one attached hydrogen (secondary N) is 1. The molecule has 1 heterocycles. The Bertz CT molecular complexity index is 417. The predicted octanol–water partition coefficient (Wildman–Crippen LogP) is 1.62. The number of rotatable bonds is 6. The number of nitrogen functional groups attached to an aromatic ring is 1. The molecule has 0 bridgehead atoms. The molecule has 1 aliphatic heterocycles. The number of benzene rings is 1. The highest BCUT2D eigenvalue weighted by Gasteiger charge is 2.31. The maximum Gasteiger partial charge on any atom is 0.123 e. The molecule has 19 heavy (non-hydrogen) atoms. The average Bonchev–Trinajstić information content (AvgIpc) is 2.81. The van der Waals surface area contributed by atoms with Crippen LogP contribution in [0.25, 0.3) is 0 Å². The number of ether oxygens (including phenoxy) is 2. The van der Waals surface area contributed by atoms with Crippen LogP contribution in [-0.4, -0.2) is 37.1 Å². The van der Waals surface area contributed by atoms with Gasteiger partial charge in [-0.3, -0.25) is 0 Å². The summed E-state index contributed by atoms with van der Waals surface area (Å²) in [5.41, 5.74) is 6.56. The zero-order valence-corrected chi connectivity index (χ0v) is 11.3. The summed E-state index contributed by atoms with van der Waals surface area (Å²) in [7, 11) is 0. The van der Waals surface area contributed by atoms with Crippen LogP contribution in [0.4, 0.5) is 11.4 Å². The van der Waals surface area contributed by atoms with E-state index in [0.29, 0.717) is 38.5 Å². The highest BCUT2D eigenvalue weighted by atomic mass is 16.5. The molecule has 5 heteroatoms. The monoisotopic (exact) mass is 266 g/mol. The van der Waals surface area contributed by atoms with E-state index in [0.717, 1.165) is 17.9 Å². The molecule has 0 aliphatic carbocycles. The Morgan fingerprint density at radius 1 is 1.47 bits per heavy atom. The molecule has 0 radical (unpaired) electrons. The summed E-state index contributed by atoms with van der Waals surface area (Å²) in [6.07, 6.45) is 1.61. The molecular weight excluding hydrogens is 244 g/mol. The van der Waals surface area contributed by atoms with Crippen LogP contribution >= 0.6 is 0 Å². The van der Waals surface area contributed by atoms with E-state index in [-0.39, 0.29) is 0 Å². The fourth-order valence-electron chi connectivity index (χ4n) is 2.03. The molecule has 2 rings (SSSR count). The molecular formula is C14H22N2O3. The SMILES string of the molecule is CCCOc1cc(N)cc(NCC2(O)CCOC2)c1. The number of anilines is 2. The minimum absolute atomic E-state index is 0.376. The second-order valence-electron chi connectivity index (χ2n) is 5.02. The smallest absolute Gasteiger partial charge is 0.123 e. The lowest BCUT2D eigenvalue weighted by Crippen LogP contribution is -2.37. The van der Waals surface area contributed by atoms with Crippen LogP contribution in [0.3, 0.4) is 0 Å². The van der Waals surface area contributed by atoms with Gasteiger partial charge in [-0.1, -0.05) is 6.92 Å². The van der Waals surface area contributed by atoms with Crippen molar-refractivity contribution in [2.24, 2.45) is 0 Å². The topological polar surface area (TPSA) is 76.7 Å². The molecule has 1 fully saturated rings. The van der Waals surface area contributed by atoms with E-state index in [2.05, 4.69) is 12.2 Å². The van der Waals surface area contributed by atoms with Crippen LogP contribution in [0, 0.1) is 0 Å². The maximum absolute atomic E-state index is 10.2. The quantitative estimate of drug-likeness (QED) is 0.682. The van der Waals surface area contributed by atoms with Crippen LogP contribution in [0.1, 0.15) is 19.8 Å². The van der Waals surface area contributed by atoms with Gasteiger partial charge in [0.25, 0.3) is 0 Å². The van der Waals surface area contributed by atoms with E-state index in [9.17, 15) is 5.11 Å². The number of aliphatic hydroxyl groups is 1. The van der Waals surface area contributed by atoms with Gasteiger partial charge in [-0.2, -0.15) is 0 Å². The van der Waals surface area contributed by atoms with Crippen molar-refractivity contribution in [2.45, 2.75) is 25.4 Å². The zero-order valence-electron chi connectivity index (χ0n) is 11.3. The Kier molecular flexibility index (Phi) is 4.50. The summed E-state index contributed by atoms with van der Waals surface area (Å²) in [4.78, 5) is 0. The van der Waals surface area contributed by atoms with Crippen LogP contribution in [0.15, 0.2) is 18.2 Å². The van der Waals surface area contributed by atoms with Gasteiger partial charge in [0.2, 0.25) is 0 Å². The second-order valence-corrected chi connectivity index (χ2v) is 5.02. The van der Waals surface area contributed by atoms with E-state index >= 15 is 0 Å². The first-order chi connectivity index (χ1) is 9.11. The van der Waals surface area contributed by atoms with Crippen molar-refractivity contribution < 1.29 is 14.6 Å². The van der Waals surface area contributed by atoms with Crippen molar-refractivity contribution in [3.05, 3.63) is 18.2 Å². The van der Waals surface area contributed by atoms with Crippen molar-refractivity contribution in [3.8, 4) is 5.75 Å². The lowest BCUT2D eigenvalue weighted by molar-refractivity contribution is 0.0382. The summed E-state index contributed by atoms with van der Waals surface area (Å²) in [5, 5.41) is 13.4. The fraction of sp³-hybridized carbons (Fsp3) is 0.571. The van der Waals surface area contributed by atoms with Gasteiger partial charge in [-0.05, 0) is 12.5 Å². The molecule has 1 aliphatic rings. The van der Waals surface area contributed by atoms with E-state index < -0.39 is 5.60 Å². The van der Waals surface area contributed by atoms with Gasteiger partial charge in [-0.15, -0.1) is 0 Å². The molecule has 0 saturated carbocycles. The van der Waals surface area contributed by atoms with Crippen LogP contribution < -0.4 is 15.8 Å². The molecule has 1 unspecified atom stereocenters. The molecule has 1 saturated heterocycles. The van der Waals surface area contributed by atoms with Gasteiger partial charge in [-0.25, -0.2) is 0 Å². The molecule has 0 amide bonds. The first-order valence-electron chi connectivity index (χ1n) is 6.69. The number of hydrogen-bond acceptors (Lipinski definition) is 5. The van der Waals surface area contributed by atoms with Crippen molar-refractivity contribution >= 4 is 11.4 Å². The summed E-state index contributed by atoms with van der Waals surface area (Å²) < 4.78 is 10.8. The standard InChI is InChI=1S/C14H22N2O3/c1-2-4-19-13-7-11(15)6-12(8-13)16-9-14(17)3-5-18-10-14/h6-8,16-17H,2-5,9-10,15H2,1H3. The number of nitrogens with two attached hydrogens (primary N) is 1. The van der Waals surface area contributed by atoms with Gasteiger partial charge in [0.15, 0.2) is 0 Å². The average molecular weight is 266 g/mol. The highest BCUT2D eigenvalue weighted by molar-refractivity contribution is 5.59. The van der Waals surface area contributed by atoms with Crippen LogP contribution in [0.5, 0.6) is 5.75 Å². The normalized spacial score (nSPS) is 22.4. The summed E-state index contributed by atoms with van der Waals surface area (Å²) in [6, 6.07) is 5.53. The molecule has 106 valence electrons. The Morgan fingerprint density at radius 3 is 3.00 bits per heavy atom. The van der Waals surface area contributed by atoms with Gasteiger partial charge >= 0.3 is 0 Å². The Balaban J connectivity index is 1.97. The molecule has 0 aromatic heterocycles. The summed E-state index contributed by atoms with van der Waals surface area (Å²) >= 11 is 0. The zero-order chi connectivity index (χ0) is 13.7. The molecule has 1 aromatic rings. The third kappa shape index (κ3) is 4.01. The van der Waals surface area contributed by atoms with Gasteiger partial charge in [0.05, 0.1) is 13.2 Å². The third-order valence-electron chi connectivity index (χ3n) is 3.11. The lowest BCUT2D eigenvalue weighted by Gasteiger charge is -2.21. The van der Waals surface area contributed by atoms with Gasteiger partial charge in [0, 0.05) is 43.1 Å². The molecule has 1 atom stereocenters. The van der Waals surface area contributed by atoms with Gasteiger partial charge in [0.1, 0.15) is 11.4 Å². The largest absolute Gasteiger partial charge is 0.493 e. The fourth-order valence-corrected chi connectivity index (χ4v) is 2.03. The van der Waals surface area contributed by atoms with Crippen molar-refractivity contribution in [2.75, 3.05) is 37.4 Å². The van der Waals surface area contributed by atoms with E-state index in [4.69, 9.17) is 15.2 Å². The molecule has 0 spiro atoms. The Labute approximate surface area is 113 Å². The molecule has 4 N–H and O–H groups in total. The van der Waals surface area contributed by atoms with Crippen LogP contribution in [0.2, 0.25) is 0 Å². The Morgan fingerprint density at radius 2 is 2.32 bits per heavy atom. The van der Waals surface area contributed by atoms with Crippen molar-refractivity contribution in [1.29, 1.82) is 0 Å². The van der Waals surface area contributed by atoms with E-state index in [1.807, 2.05) is 12.1 Å². The van der Waals surface area contributed by atoms with Crippen LogP contribution in [-0.2, 0) is 4.74 Å². The van der Waals surface area contributed by atoms with E-state index in [1.54, 1.807) is 6.07 Å². The minimum atomic E-state index is -0.783. The first-order valence-corrected chi connectivity index (χ1v) is 6.69.